The summed E-state index contributed by atoms with van der Waals surface area (Å²) >= 11 is 8.86. The van der Waals surface area contributed by atoms with Crippen LogP contribution in [0.25, 0.3) is 0 Å². The molecule has 0 bridgehead atoms. The van der Waals surface area contributed by atoms with Crippen LogP contribution in [0.4, 0.5) is 5.95 Å². The molecule has 1 N–H and O–H groups in total. The van der Waals surface area contributed by atoms with Crippen LogP contribution in [0.2, 0.25) is 5.15 Å². The number of pyridine rings is 1. The molecule has 0 amide bonds. The van der Waals surface area contributed by atoms with E-state index in [9.17, 15) is 8.42 Å². The van der Waals surface area contributed by atoms with E-state index in [2.05, 4.69) is 41.0 Å². The molecule has 0 unspecified atom stereocenters. The minimum atomic E-state index is -3.91. The lowest BCUT2D eigenvalue weighted by molar-refractivity contribution is 0.600. The van der Waals surface area contributed by atoms with Gasteiger partial charge in [-0.15, -0.1) is 5.10 Å². The molecule has 0 aliphatic carbocycles. The second-order valence-corrected chi connectivity index (χ2v) is 6.07. The van der Waals surface area contributed by atoms with E-state index < -0.39 is 10.0 Å². The predicted molar refractivity (Wildman–Crippen MR) is 66.6 cm³/mol. The minimum Gasteiger partial charge on any atom is -0.244 e. The summed E-state index contributed by atoms with van der Waals surface area (Å²) < 4.78 is 26.7. The summed E-state index contributed by atoms with van der Waals surface area (Å²) in [5, 5.41) is 10.6. The van der Waals surface area contributed by atoms with Crippen molar-refractivity contribution in [3.63, 3.8) is 0 Å². The molecule has 0 spiro atoms. The molecule has 0 aliphatic heterocycles. The van der Waals surface area contributed by atoms with Gasteiger partial charge in [0.2, 0.25) is 0 Å². The maximum absolute atomic E-state index is 12.0. The number of halogens is 2. The van der Waals surface area contributed by atoms with Gasteiger partial charge in [0.1, 0.15) is 10.0 Å². The predicted octanol–water partition coefficient (Wildman–Crippen LogP) is 0.822. The summed E-state index contributed by atoms with van der Waals surface area (Å²) in [6.07, 6.45) is 1.39. The molecular formula is C7H6BrClN6O2S. The van der Waals surface area contributed by atoms with Gasteiger partial charge in [-0.05, 0) is 27.2 Å². The molecule has 2 rings (SSSR count). The van der Waals surface area contributed by atoms with Crippen molar-refractivity contribution in [2.45, 2.75) is 4.90 Å². The standard InChI is InChI=1S/C7H6BrClN6O2S/c1-15-12-7(11-14-15)13-18(16,17)5-2-4(8)3-10-6(5)9/h2-3H,1H3,(H,12,13). The summed E-state index contributed by atoms with van der Waals surface area (Å²) in [5.74, 6) is -0.145. The highest BCUT2D eigenvalue weighted by molar-refractivity contribution is 9.10. The fraction of sp³-hybridized carbons (Fsp3) is 0.143. The Balaban J connectivity index is 2.39. The molecule has 18 heavy (non-hydrogen) atoms. The van der Waals surface area contributed by atoms with Crippen LogP contribution in [0.5, 0.6) is 0 Å². The Hall–Kier alpha value is -1.26. The second kappa shape index (κ2) is 4.78. The number of tetrazole rings is 1. The first-order valence-electron chi connectivity index (χ1n) is 4.46. The van der Waals surface area contributed by atoms with Gasteiger partial charge in [-0.25, -0.2) is 18.1 Å². The van der Waals surface area contributed by atoms with Gasteiger partial charge in [-0.3, -0.25) is 0 Å². The van der Waals surface area contributed by atoms with E-state index in [0.717, 1.165) is 4.80 Å². The molecule has 8 nitrogen and oxygen atoms in total. The first-order valence-corrected chi connectivity index (χ1v) is 7.12. The van der Waals surface area contributed by atoms with Gasteiger partial charge in [-0.2, -0.15) is 4.80 Å². The lowest BCUT2D eigenvalue weighted by atomic mass is 10.5. The number of anilines is 1. The molecule has 0 fully saturated rings. The summed E-state index contributed by atoms with van der Waals surface area (Å²) in [4.78, 5) is 4.68. The molecule has 96 valence electrons. The van der Waals surface area contributed by atoms with Gasteiger partial charge in [0.15, 0.2) is 0 Å². The molecule has 2 heterocycles. The molecule has 0 aromatic carbocycles. The number of nitrogens with one attached hydrogen (secondary N) is 1. The summed E-state index contributed by atoms with van der Waals surface area (Å²) in [6, 6.07) is 1.33. The van der Waals surface area contributed by atoms with E-state index in [1.807, 2.05) is 0 Å². The molecule has 0 saturated heterocycles. The topological polar surface area (TPSA) is 103 Å². The van der Waals surface area contributed by atoms with Crippen molar-refractivity contribution in [1.82, 2.24) is 25.2 Å². The number of aromatic nitrogens is 5. The molecule has 2 aromatic heterocycles. The van der Waals surface area contributed by atoms with Crippen LogP contribution in [0.3, 0.4) is 0 Å². The minimum absolute atomic E-state index is 0.144. The zero-order chi connectivity index (χ0) is 13.3. The molecule has 11 heteroatoms. The molecule has 0 radical (unpaired) electrons. The van der Waals surface area contributed by atoms with E-state index in [4.69, 9.17) is 11.6 Å². The first-order chi connectivity index (χ1) is 8.38. The van der Waals surface area contributed by atoms with Crippen LogP contribution in [-0.2, 0) is 17.1 Å². The average molecular weight is 354 g/mol. The molecule has 0 aliphatic rings. The lowest BCUT2D eigenvalue weighted by Gasteiger charge is -2.05. The fourth-order valence-electron chi connectivity index (χ4n) is 1.09. The van der Waals surface area contributed by atoms with Crippen molar-refractivity contribution in [2.24, 2.45) is 7.05 Å². The van der Waals surface area contributed by atoms with Crippen molar-refractivity contribution in [2.75, 3.05) is 4.72 Å². The smallest absolute Gasteiger partial charge is 0.244 e. The highest BCUT2D eigenvalue weighted by atomic mass is 79.9. The maximum Gasteiger partial charge on any atom is 0.277 e. The lowest BCUT2D eigenvalue weighted by Crippen LogP contribution is -2.15. The zero-order valence-electron chi connectivity index (χ0n) is 8.87. The summed E-state index contributed by atoms with van der Waals surface area (Å²) in [5.41, 5.74) is 0. The first kappa shape index (κ1) is 13.2. The van der Waals surface area contributed by atoms with E-state index in [-0.39, 0.29) is 16.0 Å². The molecule has 0 atom stereocenters. The van der Waals surface area contributed by atoms with Gasteiger partial charge < -0.3 is 0 Å². The average Bonchev–Trinajstić information content (AvgIpc) is 2.66. The monoisotopic (exact) mass is 352 g/mol. The quantitative estimate of drug-likeness (QED) is 0.820. The number of aryl methyl sites for hydroxylation is 1. The van der Waals surface area contributed by atoms with Crippen LogP contribution in [-0.4, -0.2) is 33.6 Å². The van der Waals surface area contributed by atoms with Crippen LogP contribution in [0.15, 0.2) is 21.6 Å². The van der Waals surface area contributed by atoms with Gasteiger partial charge >= 0.3 is 0 Å². The van der Waals surface area contributed by atoms with Crippen molar-refractivity contribution in [3.05, 3.63) is 21.9 Å². The Morgan fingerprint density at radius 1 is 1.50 bits per heavy atom. The maximum atomic E-state index is 12.0. The third-order valence-corrected chi connectivity index (χ3v) is 3.99. The molecule has 2 aromatic rings. The number of nitrogens with zero attached hydrogens (tertiary/aromatic N) is 5. The second-order valence-electron chi connectivity index (χ2n) is 3.15. The van der Waals surface area contributed by atoms with Crippen LogP contribution >= 0.6 is 27.5 Å². The largest absolute Gasteiger partial charge is 0.277 e. The third-order valence-electron chi connectivity index (χ3n) is 1.80. The van der Waals surface area contributed by atoms with Crippen molar-refractivity contribution in [3.8, 4) is 0 Å². The number of hydrogen-bond donors (Lipinski definition) is 1. The Morgan fingerprint density at radius 3 is 2.83 bits per heavy atom. The zero-order valence-corrected chi connectivity index (χ0v) is 12.0. The molecule has 0 saturated carbocycles. The number of hydrogen-bond acceptors (Lipinski definition) is 6. The Labute approximate surface area is 116 Å². The number of sulfonamides is 1. The summed E-state index contributed by atoms with van der Waals surface area (Å²) in [7, 11) is -2.39. The van der Waals surface area contributed by atoms with Crippen LogP contribution < -0.4 is 4.72 Å². The van der Waals surface area contributed by atoms with Crippen LogP contribution in [0.1, 0.15) is 0 Å². The highest BCUT2D eigenvalue weighted by Gasteiger charge is 2.21. The fourth-order valence-corrected chi connectivity index (χ4v) is 2.97. The Bertz CT molecular complexity index is 687. The van der Waals surface area contributed by atoms with E-state index in [1.165, 1.54) is 19.3 Å². The van der Waals surface area contributed by atoms with Crippen LogP contribution in [0, 0.1) is 0 Å². The van der Waals surface area contributed by atoms with Gasteiger partial charge in [0.25, 0.3) is 16.0 Å². The van der Waals surface area contributed by atoms with E-state index in [1.54, 1.807) is 0 Å². The van der Waals surface area contributed by atoms with Gasteiger partial charge in [0.05, 0.1) is 7.05 Å². The van der Waals surface area contributed by atoms with Gasteiger partial charge in [0, 0.05) is 10.7 Å². The Morgan fingerprint density at radius 2 is 2.22 bits per heavy atom. The van der Waals surface area contributed by atoms with E-state index >= 15 is 0 Å². The Kier molecular flexibility index (Phi) is 3.50. The highest BCUT2D eigenvalue weighted by Crippen LogP contribution is 2.23. The molecular weight excluding hydrogens is 348 g/mol. The van der Waals surface area contributed by atoms with Gasteiger partial charge in [-0.1, -0.05) is 16.7 Å². The SMILES string of the molecule is Cn1nnc(NS(=O)(=O)c2cc(Br)cnc2Cl)n1. The normalized spacial score (nSPS) is 11.5. The number of rotatable bonds is 3. The van der Waals surface area contributed by atoms with Crippen molar-refractivity contribution >= 4 is 43.5 Å². The van der Waals surface area contributed by atoms with Crippen molar-refractivity contribution < 1.29 is 8.42 Å². The van der Waals surface area contributed by atoms with Crippen molar-refractivity contribution in [1.29, 1.82) is 0 Å². The third kappa shape index (κ3) is 2.76. The van der Waals surface area contributed by atoms with E-state index in [0.29, 0.717) is 4.47 Å². The summed E-state index contributed by atoms with van der Waals surface area (Å²) in [6.45, 7) is 0.